The Bertz CT molecular complexity index is 1060. The van der Waals surface area contributed by atoms with Gasteiger partial charge in [-0.05, 0) is 36.8 Å². The molecule has 1 unspecified atom stereocenters. The number of nitrogens with two attached hydrogens (primary N) is 1. The molecular weight excluding hydrogens is 466 g/mol. The average molecular weight is 491 g/mol. The first-order valence-corrected chi connectivity index (χ1v) is 10.2. The quantitative estimate of drug-likeness (QED) is 0.298. The second-order valence-corrected chi connectivity index (χ2v) is 7.33. The second-order valence-electron chi connectivity index (χ2n) is 7.33. The molecule has 0 aliphatic carbocycles. The minimum absolute atomic E-state index is 0.177. The van der Waals surface area contributed by atoms with Crippen molar-refractivity contribution in [2.75, 3.05) is 14.2 Å². The Kier molecular flexibility index (Phi) is 9.41. The molecule has 35 heavy (non-hydrogen) atoms. The summed E-state index contributed by atoms with van der Waals surface area (Å²) >= 11 is 0. The van der Waals surface area contributed by atoms with Gasteiger partial charge in [0.1, 0.15) is 17.4 Å². The summed E-state index contributed by atoms with van der Waals surface area (Å²) in [6.45, 7) is 1.47. The smallest absolute Gasteiger partial charge is 0.480 e. The molecule has 12 nitrogen and oxygen atoms in total. The third-order valence-corrected chi connectivity index (χ3v) is 4.57. The largest absolute Gasteiger partial charge is 0.514 e. The minimum Gasteiger partial charge on any atom is -0.480 e. The number of benzene rings is 2. The van der Waals surface area contributed by atoms with Gasteiger partial charge in [0.05, 0.1) is 14.2 Å². The summed E-state index contributed by atoms with van der Waals surface area (Å²) < 4.78 is 28.9. The van der Waals surface area contributed by atoms with E-state index in [0.717, 1.165) is 14.2 Å². The summed E-state index contributed by atoms with van der Waals surface area (Å²) in [5.74, 6) is -1.52. The number of carboxylic acid groups (broad SMARTS) is 1. The van der Waals surface area contributed by atoms with E-state index < -0.39 is 36.1 Å². The molecule has 0 heterocycles. The molecule has 2 aromatic rings. The van der Waals surface area contributed by atoms with Crippen LogP contribution in [0.4, 0.5) is 14.4 Å². The van der Waals surface area contributed by atoms with Crippen molar-refractivity contribution < 1.29 is 52.7 Å². The van der Waals surface area contributed by atoms with Gasteiger partial charge in [0.2, 0.25) is 0 Å². The van der Waals surface area contributed by atoms with Gasteiger partial charge in [0.15, 0.2) is 11.5 Å². The highest BCUT2D eigenvalue weighted by Gasteiger charge is 2.37. The van der Waals surface area contributed by atoms with Crippen molar-refractivity contribution in [3.63, 3.8) is 0 Å². The summed E-state index contributed by atoms with van der Waals surface area (Å²) in [4.78, 5) is 47.1. The Hall–Kier alpha value is -4.32. The number of carbonyl (C=O) groups is 4. The monoisotopic (exact) mass is 491 g/mol. The van der Waals surface area contributed by atoms with Crippen molar-refractivity contribution in [3.8, 4) is 17.2 Å². The highest BCUT2D eigenvalue weighted by atomic mass is 16.7. The van der Waals surface area contributed by atoms with Gasteiger partial charge in [-0.1, -0.05) is 24.3 Å². The number of carboxylic acids is 1. The Labute approximate surface area is 200 Å². The molecule has 0 saturated heterocycles. The van der Waals surface area contributed by atoms with Crippen LogP contribution < -0.4 is 19.9 Å². The Morgan fingerprint density at radius 1 is 0.886 bits per heavy atom. The van der Waals surface area contributed by atoms with Crippen LogP contribution in [0.3, 0.4) is 0 Å². The first kappa shape index (κ1) is 26.9. The Morgan fingerprint density at radius 3 is 2.06 bits per heavy atom. The summed E-state index contributed by atoms with van der Waals surface area (Å²) in [5, 5.41) is 9.78. The van der Waals surface area contributed by atoms with Crippen LogP contribution >= 0.6 is 0 Å². The first-order valence-electron chi connectivity index (χ1n) is 10.2. The molecule has 3 N–H and O–H groups in total. The maximum Gasteiger partial charge on any atom is 0.514 e. The maximum absolute atomic E-state index is 12.0. The molecule has 12 heteroatoms. The van der Waals surface area contributed by atoms with Crippen LogP contribution in [-0.2, 0) is 25.4 Å². The van der Waals surface area contributed by atoms with E-state index in [0.29, 0.717) is 5.56 Å². The Balaban J connectivity index is 2.17. The number of carbonyl (C=O) groups excluding carboxylic acids is 3. The van der Waals surface area contributed by atoms with Crippen LogP contribution in [0.25, 0.3) is 0 Å². The highest BCUT2D eigenvalue weighted by molar-refractivity contribution is 5.79. The summed E-state index contributed by atoms with van der Waals surface area (Å²) in [5.41, 5.74) is 4.57. The predicted octanol–water partition coefficient (Wildman–Crippen LogP) is 3.30. The summed E-state index contributed by atoms with van der Waals surface area (Å²) in [6, 6.07) is 12.1. The maximum atomic E-state index is 12.0. The highest BCUT2D eigenvalue weighted by Crippen LogP contribution is 2.31. The summed E-state index contributed by atoms with van der Waals surface area (Å²) in [6.07, 6.45) is -4.67. The molecule has 2 atom stereocenters. The minimum atomic E-state index is -1.89. The normalized spacial score (nSPS) is 12.9. The zero-order chi connectivity index (χ0) is 26.0. The van der Waals surface area contributed by atoms with Gasteiger partial charge in [-0.2, -0.15) is 0 Å². The van der Waals surface area contributed by atoms with E-state index in [2.05, 4.69) is 9.47 Å². The van der Waals surface area contributed by atoms with Crippen LogP contribution in [0.15, 0.2) is 48.5 Å². The van der Waals surface area contributed by atoms with Crippen molar-refractivity contribution in [3.05, 3.63) is 54.1 Å². The third kappa shape index (κ3) is 8.19. The number of para-hydroxylation sites is 1. The second kappa shape index (κ2) is 12.2. The van der Waals surface area contributed by atoms with E-state index >= 15 is 0 Å². The van der Waals surface area contributed by atoms with Crippen molar-refractivity contribution in [2.45, 2.75) is 31.4 Å². The molecule has 0 bridgehead atoms. The molecule has 0 aliphatic heterocycles. The van der Waals surface area contributed by atoms with E-state index in [1.165, 1.54) is 25.1 Å². The van der Waals surface area contributed by atoms with Crippen molar-refractivity contribution in [1.29, 1.82) is 0 Å². The number of methoxy groups -OCH3 is 2. The lowest BCUT2D eigenvalue weighted by atomic mass is 9.86. The summed E-state index contributed by atoms with van der Waals surface area (Å²) in [7, 11) is 2.17. The van der Waals surface area contributed by atoms with Gasteiger partial charge in [0.25, 0.3) is 0 Å². The molecule has 0 radical (unpaired) electrons. The molecule has 0 amide bonds. The van der Waals surface area contributed by atoms with Crippen LogP contribution in [-0.4, -0.2) is 55.4 Å². The number of aliphatic carboxylic acids is 1. The van der Waals surface area contributed by atoms with Crippen molar-refractivity contribution in [2.24, 2.45) is 5.73 Å². The zero-order valence-electron chi connectivity index (χ0n) is 19.2. The van der Waals surface area contributed by atoms with Gasteiger partial charge >= 0.3 is 24.4 Å². The lowest BCUT2D eigenvalue weighted by Gasteiger charge is -2.28. The molecule has 0 fully saturated rings. The topological polar surface area (TPSA) is 170 Å². The van der Waals surface area contributed by atoms with E-state index in [9.17, 15) is 24.3 Å². The predicted molar refractivity (Wildman–Crippen MR) is 118 cm³/mol. The zero-order valence-corrected chi connectivity index (χ0v) is 19.2. The molecule has 188 valence electrons. The molecule has 2 rings (SSSR count). The number of hydrogen-bond donors (Lipinski definition) is 2. The fourth-order valence-corrected chi connectivity index (χ4v) is 3.02. The van der Waals surface area contributed by atoms with Gasteiger partial charge < -0.3 is 39.3 Å². The molecule has 0 aromatic heterocycles. The fraction of sp³-hybridized carbons (Fsp3) is 0.304. The van der Waals surface area contributed by atoms with E-state index in [4.69, 9.17) is 24.7 Å². The lowest BCUT2D eigenvalue weighted by Crippen LogP contribution is -2.52. The fourth-order valence-electron chi connectivity index (χ4n) is 3.02. The molecule has 0 saturated carbocycles. The molecular formula is C23H25NO11. The van der Waals surface area contributed by atoms with Crippen molar-refractivity contribution in [1.82, 2.24) is 0 Å². The van der Waals surface area contributed by atoms with Crippen LogP contribution in [0.2, 0.25) is 0 Å². The lowest BCUT2D eigenvalue weighted by molar-refractivity contribution is -0.144. The first-order chi connectivity index (χ1) is 16.6. The average Bonchev–Trinajstić information content (AvgIpc) is 2.80. The number of rotatable bonds is 9. The SMILES string of the molecule is COC(=O)Oc1ccc(CC(N)(C[C@H](C)OC(=O)Oc2ccccc2)C(=O)O)cc1OC(=O)OC. The standard InChI is InChI=1S/C23H25NO11/c1-14(32-22(29)33-16-7-5-4-6-8-16)12-23(24,19(25)26)13-15-9-10-17(34-20(27)30-2)18(11-15)35-21(28)31-3/h4-11,14H,12-13,24H2,1-3H3,(H,25,26)/t14-,23?/m0/s1. The van der Waals surface area contributed by atoms with E-state index in [1.807, 2.05) is 0 Å². The number of ether oxygens (including phenoxy) is 6. The molecule has 2 aromatic carbocycles. The van der Waals surface area contributed by atoms with Gasteiger partial charge in [-0.25, -0.2) is 14.4 Å². The van der Waals surface area contributed by atoms with Gasteiger partial charge in [-0.3, -0.25) is 4.79 Å². The van der Waals surface area contributed by atoms with E-state index in [-0.39, 0.29) is 30.1 Å². The Morgan fingerprint density at radius 2 is 1.49 bits per heavy atom. The molecule has 0 aliphatic rings. The van der Waals surface area contributed by atoms with Gasteiger partial charge in [-0.15, -0.1) is 0 Å². The van der Waals surface area contributed by atoms with Crippen LogP contribution in [0.5, 0.6) is 17.2 Å². The molecule has 0 spiro atoms. The van der Waals surface area contributed by atoms with Gasteiger partial charge in [0, 0.05) is 12.8 Å². The van der Waals surface area contributed by atoms with Crippen molar-refractivity contribution >= 4 is 24.4 Å². The third-order valence-electron chi connectivity index (χ3n) is 4.57. The number of hydrogen-bond acceptors (Lipinski definition) is 11. The van der Waals surface area contributed by atoms with Crippen LogP contribution in [0, 0.1) is 0 Å². The van der Waals surface area contributed by atoms with E-state index in [1.54, 1.807) is 30.3 Å². The van der Waals surface area contributed by atoms with Crippen LogP contribution in [0.1, 0.15) is 18.9 Å².